The first-order valence-corrected chi connectivity index (χ1v) is 7.52. The van der Waals surface area contributed by atoms with Gasteiger partial charge in [-0.15, -0.1) is 0 Å². The number of hydrogen-bond donors (Lipinski definition) is 1. The molecule has 1 heterocycles. The minimum atomic E-state index is -3.51. The van der Waals surface area contributed by atoms with Crippen LogP contribution in [0.4, 0.5) is 0 Å². The first-order chi connectivity index (χ1) is 9.57. The molecule has 0 saturated heterocycles. The van der Waals surface area contributed by atoms with Crippen LogP contribution in [0.15, 0.2) is 58.3 Å². The van der Waals surface area contributed by atoms with E-state index in [4.69, 9.17) is 4.74 Å². The summed E-state index contributed by atoms with van der Waals surface area (Å²) in [5.41, 5.74) is 0.497. The van der Waals surface area contributed by atoms with Crippen molar-refractivity contribution in [3.63, 3.8) is 0 Å². The molecule has 1 aliphatic rings. The maximum absolute atomic E-state index is 12.3. The average molecular weight is 288 g/mol. The number of aromatic hydroxyl groups is 1. The lowest BCUT2D eigenvalue weighted by molar-refractivity contribution is 0.359. The lowest BCUT2D eigenvalue weighted by atomic mass is 10.2. The van der Waals surface area contributed by atoms with Crippen LogP contribution < -0.4 is 4.74 Å². The molecule has 1 aliphatic heterocycles. The maximum atomic E-state index is 12.3. The van der Waals surface area contributed by atoms with E-state index in [9.17, 15) is 13.5 Å². The Morgan fingerprint density at radius 1 is 1.05 bits per heavy atom. The minimum Gasteiger partial charge on any atom is -0.508 e. The van der Waals surface area contributed by atoms with Crippen molar-refractivity contribution in [3.05, 3.63) is 59.0 Å². The van der Waals surface area contributed by atoms with Gasteiger partial charge >= 0.3 is 0 Å². The molecule has 0 saturated carbocycles. The number of hydrogen-bond acceptors (Lipinski definition) is 4. The molecule has 0 fully saturated rings. The first kappa shape index (κ1) is 12.7. The van der Waals surface area contributed by atoms with Crippen LogP contribution in [0.1, 0.15) is 5.56 Å². The number of phenols is 1. The van der Waals surface area contributed by atoms with Gasteiger partial charge in [-0.3, -0.25) is 0 Å². The number of fused-ring (bicyclic) bond motifs is 1. The molecule has 4 nitrogen and oxygen atoms in total. The number of ether oxygens (including phenoxy) is 1. The Morgan fingerprint density at radius 3 is 2.55 bits per heavy atom. The van der Waals surface area contributed by atoms with Crippen LogP contribution in [-0.2, 0) is 9.84 Å². The standard InChI is InChI=1S/C15H12O4S/c16-12-6-7-15-11(8-12)9-14(20(15,17)18)10-19-13-4-2-1-3-5-13/h1-9,16H,10H2. The normalized spacial score (nSPS) is 15.5. The van der Waals surface area contributed by atoms with Gasteiger partial charge in [0.1, 0.15) is 18.1 Å². The quantitative estimate of drug-likeness (QED) is 0.943. The Bertz CT molecular complexity index is 777. The minimum absolute atomic E-state index is 0.0260. The Hall–Kier alpha value is -2.27. The van der Waals surface area contributed by atoms with Crippen LogP contribution in [0.2, 0.25) is 0 Å². The van der Waals surface area contributed by atoms with Crippen LogP contribution in [0.5, 0.6) is 11.5 Å². The second-order valence-corrected chi connectivity index (χ2v) is 6.41. The van der Waals surface area contributed by atoms with Gasteiger partial charge in [-0.05, 0) is 42.0 Å². The van der Waals surface area contributed by atoms with Crippen molar-refractivity contribution in [1.29, 1.82) is 0 Å². The van der Waals surface area contributed by atoms with Gasteiger partial charge in [0.25, 0.3) is 0 Å². The van der Waals surface area contributed by atoms with Crippen LogP contribution in [0.3, 0.4) is 0 Å². The Balaban J connectivity index is 1.87. The fourth-order valence-electron chi connectivity index (χ4n) is 2.08. The first-order valence-electron chi connectivity index (χ1n) is 6.04. The molecular weight excluding hydrogens is 276 g/mol. The lowest BCUT2D eigenvalue weighted by Gasteiger charge is -2.07. The molecule has 0 bridgehead atoms. The zero-order chi connectivity index (χ0) is 14.2. The van der Waals surface area contributed by atoms with Crippen LogP contribution in [0.25, 0.3) is 6.08 Å². The number of phenolic OH excluding ortho intramolecular Hbond substituents is 1. The van der Waals surface area contributed by atoms with E-state index >= 15 is 0 Å². The summed E-state index contributed by atoms with van der Waals surface area (Å²) in [5, 5.41) is 9.41. The number of benzene rings is 2. The van der Waals surface area contributed by atoms with Gasteiger partial charge in [-0.2, -0.15) is 0 Å². The fraction of sp³-hybridized carbons (Fsp3) is 0.0667. The van der Waals surface area contributed by atoms with Crippen LogP contribution >= 0.6 is 0 Å². The summed E-state index contributed by atoms with van der Waals surface area (Å²) in [4.78, 5) is 0.406. The van der Waals surface area contributed by atoms with Gasteiger partial charge in [-0.1, -0.05) is 18.2 Å². The summed E-state index contributed by atoms with van der Waals surface area (Å²) in [5.74, 6) is 0.655. The third kappa shape index (κ3) is 2.16. The molecule has 2 aromatic rings. The van der Waals surface area contributed by atoms with E-state index < -0.39 is 9.84 Å². The highest BCUT2D eigenvalue weighted by molar-refractivity contribution is 7.95. The molecule has 0 atom stereocenters. The number of sulfone groups is 1. The Morgan fingerprint density at radius 2 is 1.80 bits per heavy atom. The predicted molar refractivity (Wildman–Crippen MR) is 75.2 cm³/mol. The molecule has 0 spiro atoms. The van der Waals surface area contributed by atoms with E-state index in [2.05, 4.69) is 0 Å². The van der Waals surface area contributed by atoms with Crippen molar-refractivity contribution in [2.75, 3.05) is 6.61 Å². The summed E-state index contributed by atoms with van der Waals surface area (Å²) in [6, 6.07) is 13.2. The summed E-state index contributed by atoms with van der Waals surface area (Å²) in [6.07, 6.45) is 1.54. The van der Waals surface area contributed by atoms with E-state index in [1.165, 1.54) is 24.3 Å². The second kappa shape index (κ2) is 4.68. The average Bonchev–Trinajstić information content (AvgIpc) is 2.68. The van der Waals surface area contributed by atoms with E-state index in [0.29, 0.717) is 11.3 Å². The van der Waals surface area contributed by atoms with Crippen LogP contribution in [0, 0.1) is 0 Å². The van der Waals surface area contributed by atoms with E-state index in [-0.39, 0.29) is 22.2 Å². The largest absolute Gasteiger partial charge is 0.508 e. The monoisotopic (exact) mass is 288 g/mol. The molecule has 5 heteroatoms. The van der Waals surface area contributed by atoms with Crippen LogP contribution in [-0.4, -0.2) is 20.1 Å². The summed E-state index contributed by atoms with van der Waals surface area (Å²) >= 11 is 0. The number of para-hydroxylation sites is 1. The van der Waals surface area contributed by atoms with Gasteiger partial charge in [0.15, 0.2) is 0 Å². The van der Waals surface area contributed by atoms with Gasteiger partial charge in [0.2, 0.25) is 9.84 Å². The summed E-state index contributed by atoms with van der Waals surface area (Å²) < 4.78 is 30.1. The molecule has 102 valence electrons. The molecule has 20 heavy (non-hydrogen) atoms. The smallest absolute Gasteiger partial charge is 0.206 e. The third-order valence-electron chi connectivity index (χ3n) is 3.07. The van der Waals surface area contributed by atoms with Crippen molar-refractivity contribution in [2.45, 2.75) is 4.90 Å². The SMILES string of the molecule is O=S1(=O)C(COc2ccccc2)=Cc2cc(O)ccc21. The Labute approximate surface area is 116 Å². The third-order valence-corrected chi connectivity index (χ3v) is 4.95. The van der Waals surface area contributed by atoms with Crippen molar-refractivity contribution in [2.24, 2.45) is 0 Å². The van der Waals surface area contributed by atoms with E-state index in [1.54, 1.807) is 12.1 Å². The zero-order valence-corrected chi connectivity index (χ0v) is 11.3. The zero-order valence-electron chi connectivity index (χ0n) is 10.5. The molecule has 1 N–H and O–H groups in total. The summed E-state index contributed by atoms with van der Waals surface area (Å²) in [7, 11) is -3.51. The predicted octanol–water partition coefficient (Wildman–Crippen LogP) is 2.60. The highest BCUT2D eigenvalue weighted by Crippen LogP contribution is 2.34. The Kier molecular flexibility index (Phi) is 2.99. The van der Waals surface area contributed by atoms with E-state index in [0.717, 1.165) is 0 Å². The molecule has 0 radical (unpaired) electrons. The molecule has 2 aromatic carbocycles. The highest BCUT2D eigenvalue weighted by Gasteiger charge is 2.30. The maximum Gasteiger partial charge on any atom is 0.206 e. The van der Waals surface area contributed by atoms with Gasteiger partial charge in [0, 0.05) is 0 Å². The summed E-state index contributed by atoms with van der Waals surface area (Å²) in [6.45, 7) is -0.0260. The number of rotatable bonds is 3. The lowest BCUT2D eigenvalue weighted by Crippen LogP contribution is -2.08. The molecule has 0 aliphatic carbocycles. The second-order valence-electron chi connectivity index (χ2n) is 4.44. The van der Waals surface area contributed by atoms with Crippen molar-refractivity contribution >= 4 is 15.9 Å². The van der Waals surface area contributed by atoms with Gasteiger partial charge in [0.05, 0.1) is 9.80 Å². The fourth-order valence-corrected chi connectivity index (χ4v) is 3.53. The molecule has 0 amide bonds. The van der Waals surface area contributed by atoms with Crippen molar-refractivity contribution in [3.8, 4) is 11.5 Å². The van der Waals surface area contributed by atoms with Crippen molar-refractivity contribution in [1.82, 2.24) is 0 Å². The van der Waals surface area contributed by atoms with E-state index in [1.807, 2.05) is 18.2 Å². The molecule has 0 aromatic heterocycles. The van der Waals surface area contributed by atoms with Crippen molar-refractivity contribution < 1.29 is 18.3 Å². The van der Waals surface area contributed by atoms with Gasteiger partial charge in [-0.25, -0.2) is 8.42 Å². The van der Waals surface area contributed by atoms with Gasteiger partial charge < -0.3 is 9.84 Å². The highest BCUT2D eigenvalue weighted by atomic mass is 32.2. The molecular formula is C15H12O4S. The molecule has 0 unspecified atom stereocenters. The molecule has 3 rings (SSSR count). The topological polar surface area (TPSA) is 63.6 Å².